The molecule has 1 N–H and O–H groups in total. The summed E-state index contributed by atoms with van der Waals surface area (Å²) >= 11 is 0. The molecule has 0 radical (unpaired) electrons. The number of hydrogen-bond donors (Lipinski definition) is 1. The Morgan fingerprint density at radius 2 is 1.90 bits per heavy atom. The predicted molar refractivity (Wildman–Crippen MR) is 141 cm³/mol. The molecule has 40 heavy (non-hydrogen) atoms. The number of methoxy groups -OCH3 is 1. The second-order valence-corrected chi connectivity index (χ2v) is 13.6. The van der Waals surface area contributed by atoms with Crippen molar-refractivity contribution < 1.29 is 32.5 Å². The molecule has 1 unspecified atom stereocenters. The largest absolute Gasteiger partial charge is 0.573 e. The number of nitrogens with zero attached hydrogens (tertiary/aromatic N) is 3. The first-order chi connectivity index (χ1) is 18.9. The highest BCUT2D eigenvalue weighted by molar-refractivity contribution is 5.84. The van der Waals surface area contributed by atoms with Crippen LogP contribution in [0.25, 0.3) is 11.0 Å². The van der Waals surface area contributed by atoms with Crippen LogP contribution in [0, 0.1) is 40.4 Å². The van der Waals surface area contributed by atoms with Crippen molar-refractivity contribution in [2.75, 3.05) is 13.7 Å². The lowest BCUT2D eigenvalue weighted by Crippen LogP contribution is -2.58. The number of hydrogen-bond acceptors (Lipinski definition) is 6. The minimum Gasteiger partial charge on any atom is -0.406 e. The second kappa shape index (κ2) is 9.68. The number of halogens is 3. The third-order valence-electron chi connectivity index (χ3n) is 11.5. The van der Waals surface area contributed by atoms with Crippen LogP contribution in [0.2, 0.25) is 0 Å². The van der Waals surface area contributed by atoms with E-state index in [9.17, 15) is 23.1 Å². The van der Waals surface area contributed by atoms with Crippen LogP contribution in [0.3, 0.4) is 0 Å². The lowest BCUT2D eigenvalue weighted by molar-refractivity contribution is -0.274. The minimum atomic E-state index is -4.80. The van der Waals surface area contributed by atoms with E-state index in [1.54, 1.807) is 7.11 Å². The number of rotatable bonds is 6. The summed E-state index contributed by atoms with van der Waals surface area (Å²) in [6.07, 6.45) is 3.95. The zero-order valence-electron chi connectivity index (χ0n) is 23.5. The Morgan fingerprint density at radius 3 is 2.65 bits per heavy atom. The molecule has 7 nitrogen and oxygen atoms in total. The van der Waals surface area contributed by atoms with Crippen molar-refractivity contribution in [2.45, 2.75) is 90.1 Å². The Bertz CT molecular complexity index is 1280. The molecule has 0 bridgehead atoms. The number of fused-ring (bicyclic) bond motifs is 6. The molecule has 2 aromatic rings. The summed E-state index contributed by atoms with van der Waals surface area (Å²) in [4.78, 5) is 13.8. The molecule has 4 fully saturated rings. The Labute approximate surface area is 232 Å². The van der Waals surface area contributed by atoms with Crippen LogP contribution in [0.5, 0.6) is 5.75 Å². The molecule has 0 saturated heterocycles. The van der Waals surface area contributed by atoms with Crippen LogP contribution < -0.4 is 4.74 Å². The fraction of sp³-hybridized carbons (Fsp3) is 0.767. The standard InChI is InChI=1S/C30H40F3N3O4/c1-27(38)12-13-29(17-39-3)18(15-27)4-6-20-21-7-8-23(28(21,2)11-10-22(20)29)26(37)16-36-25-14-19(40-30(31,32)33)5-9-24(25)34-35-36/h5,9,14,18,20-23,38H,4,6-8,10-13,15-17H2,1-3H3/t18-,20-,21-,22-,23+,27+,28-,29?/m0/s1. The summed E-state index contributed by atoms with van der Waals surface area (Å²) < 4.78 is 49.6. The van der Waals surface area contributed by atoms with Gasteiger partial charge in [-0.3, -0.25) is 4.79 Å². The average Bonchev–Trinajstić information content (AvgIpc) is 3.43. The molecule has 0 spiro atoms. The highest BCUT2D eigenvalue weighted by Gasteiger charge is 2.63. The van der Waals surface area contributed by atoms with Crippen molar-refractivity contribution in [2.24, 2.45) is 40.4 Å². The molecular weight excluding hydrogens is 523 g/mol. The summed E-state index contributed by atoms with van der Waals surface area (Å²) in [6.45, 7) is 4.99. The fourth-order valence-corrected chi connectivity index (χ4v) is 9.83. The number of aromatic nitrogens is 3. The molecule has 0 amide bonds. The molecule has 1 aromatic heterocycles. The molecule has 6 rings (SSSR count). The maximum atomic E-state index is 13.8. The lowest BCUT2D eigenvalue weighted by Gasteiger charge is -2.62. The zero-order valence-corrected chi connectivity index (χ0v) is 23.5. The van der Waals surface area contributed by atoms with Gasteiger partial charge < -0.3 is 14.6 Å². The van der Waals surface area contributed by atoms with E-state index in [0.29, 0.717) is 34.7 Å². The molecule has 220 valence electrons. The van der Waals surface area contributed by atoms with Crippen LogP contribution in [-0.2, 0) is 16.1 Å². The predicted octanol–water partition coefficient (Wildman–Crippen LogP) is 5.94. The van der Waals surface area contributed by atoms with Gasteiger partial charge in [0.05, 0.1) is 17.7 Å². The number of alkyl halides is 3. The first-order valence-corrected chi connectivity index (χ1v) is 14.7. The van der Waals surface area contributed by atoms with Gasteiger partial charge in [0.15, 0.2) is 5.78 Å². The highest BCUT2D eigenvalue weighted by atomic mass is 19.4. The van der Waals surface area contributed by atoms with E-state index < -0.39 is 12.0 Å². The van der Waals surface area contributed by atoms with Crippen molar-refractivity contribution in [1.29, 1.82) is 0 Å². The van der Waals surface area contributed by atoms with Gasteiger partial charge in [0.1, 0.15) is 17.8 Å². The molecule has 1 aromatic carbocycles. The van der Waals surface area contributed by atoms with Gasteiger partial charge in [-0.2, -0.15) is 0 Å². The van der Waals surface area contributed by atoms with E-state index in [-0.39, 0.29) is 34.8 Å². The molecule has 10 heteroatoms. The van der Waals surface area contributed by atoms with Crippen molar-refractivity contribution in [3.8, 4) is 5.75 Å². The molecular formula is C30H40F3N3O4. The van der Waals surface area contributed by atoms with Crippen LogP contribution in [-0.4, -0.2) is 51.6 Å². The van der Waals surface area contributed by atoms with E-state index in [1.807, 2.05) is 6.92 Å². The van der Waals surface area contributed by atoms with E-state index in [1.165, 1.54) is 22.9 Å². The van der Waals surface area contributed by atoms with Gasteiger partial charge in [0, 0.05) is 19.1 Å². The van der Waals surface area contributed by atoms with Crippen molar-refractivity contribution >= 4 is 16.8 Å². The van der Waals surface area contributed by atoms with E-state index in [4.69, 9.17) is 4.74 Å². The van der Waals surface area contributed by atoms with Crippen molar-refractivity contribution in [3.05, 3.63) is 18.2 Å². The number of carbonyl (C=O) groups excluding carboxylic acids is 1. The van der Waals surface area contributed by atoms with Gasteiger partial charge in [-0.25, -0.2) is 4.68 Å². The van der Waals surface area contributed by atoms with Gasteiger partial charge in [-0.05, 0) is 111 Å². The van der Waals surface area contributed by atoms with Gasteiger partial charge in [-0.1, -0.05) is 12.1 Å². The maximum Gasteiger partial charge on any atom is 0.573 e. The third-order valence-corrected chi connectivity index (χ3v) is 11.5. The van der Waals surface area contributed by atoms with Crippen LogP contribution in [0.15, 0.2) is 18.2 Å². The van der Waals surface area contributed by atoms with E-state index in [2.05, 4.69) is 22.0 Å². The fourth-order valence-electron chi connectivity index (χ4n) is 9.83. The normalized spacial score (nSPS) is 39.4. The first kappa shape index (κ1) is 27.9. The first-order valence-electron chi connectivity index (χ1n) is 14.7. The minimum absolute atomic E-state index is 0.0161. The maximum absolute atomic E-state index is 13.8. The number of carbonyl (C=O) groups is 1. The number of ketones is 1. The second-order valence-electron chi connectivity index (χ2n) is 13.6. The third kappa shape index (κ3) is 4.63. The molecule has 1 heterocycles. The number of Topliss-reactive ketones (excluding diaryl/α,β-unsaturated/α-hetero) is 1. The molecule has 4 aliphatic rings. The van der Waals surface area contributed by atoms with Gasteiger partial charge in [-0.15, -0.1) is 18.3 Å². The van der Waals surface area contributed by atoms with Crippen molar-refractivity contribution in [1.82, 2.24) is 15.0 Å². The Kier molecular flexibility index (Phi) is 6.76. The summed E-state index contributed by atoms with van der Waals surface area (Å²) in [5, 5.41) is 19.0. The molecule has 8 atom stereocenters. The number of ether oxygens (including phenoxy) is 2. The Balaban J connectivity index is 1.21. The topological polar surface area (TPSA) is 86.5 Å². The van der Waals surface area contributed by atoms with Gasteiger partial charge >= 0.3 is 6.36 Å². The van der Waals surface area contributed by atoms with E-state index in [0.717, 1.165) is 64.4 Å². The van der Waals surface area contributed by atoms with E-state index >= 15 is 0 Å². The summed E-state index contributed by atoms with van der Waals surface area (Å²) in [6, 6.07) is 3.88. The highest BCUT2D eigenvalue weighted by Crippen LogP contribution is 2.68. The SMILES string of the molecule is COCC12CC[C@@](C)(O)C[C@@H]1CC[C@@H]1[C@@H]2CC[C@]2(C)[C@@H](C(=O)Cn3nnc4ccc(OC(F)(F)F)cc43)CC[C@@H]12. The average molecular weight is 564 g/mol. The lowest BCUT2D eigenvalue weighted by atomic mass is 9.43. The van der Waals surface area contributed by atoms with Gasteiger partial charge in [0.2, 0.25) is 0 Å². The zero-order chi connectivity index (χ0) is 28.5. The Morgan fingerprint density at radius 1 is 1.10 bits per heavy atom. The molecule has 0 aliphatic heterocycles. The number of benzene rings is 1. The summed E-state index contributed by atoms with van der Waals surface area (Å²) in [5.41, 5.74) is 0.157. The summed E-state index contributed by atoms with van der Waals surface area (Å²) in [5.74, 6) is 1.61. The number of aliphatic hydroxyl groups is 1. The molecule has 4 aliphatic carbocycles. The monoisotopic (exact) mass is 563 g/mol. The summed E-state index contributed by atoms with van der Waals surface area (Å²) in [7, 11) is 1.80. The van der Waals surface area contributed by atoms with Crippen LogP contribution in [0.1, 0.15) is 71.6 Å². The Hall–Kier alpha value is -2.20. The van der Waals surface area contributed by atoms with Gasteiger partial charge in [0.25, 0.3) is 0 Å². The quantitative estimate of drug-likeness (QED) is 0.469. The smallest absolute Gasteiger partial charge is 0.406 e. The molecule has 4 saturated carbocycles. The van der Waals surface area contributed by atoms with Crippen LogP contribution >= 0.6 is 0 Å². The van der Waals surface area contributed by atoms with Crippen LogP contribution in [0.4, 0.5) is 13.2 Å². The van der Waals surface area contributed by atoms with Crippen molar-refractivity contribution in [3.63, 3.8) is 0 Å².